The van der Waals surface area contributed by atoms with Crippen LogP contribution >= 0.6 is 11.6 Å². The van der Waals surface area contributed by atoms with Gasteiger partial charge >= 0.3 is 5.69 Å². The number of fused-ring (bicyclic) bond motifs is 1. The Morgan fingerprint density at radius 3 is 2.56 bits per heavy atom. The zero-order chi connectivity index (χ0) is 23.2. The van der Waals surface area contributed by atoms with Crippen molar-refractivity contribution in [2.45, 2.75) is 46.3 Å². The van der Waals surface area contributed by atoms with Crippen LogP contribution in [0, 0.1) is 11.8 Å². The monoisotopic (exact) mass is 458 g/mol. The quantitative estimate of drug-likeness (QED) is 0.584. The largest absolute Gasteiger partial charge is 0.390 e. The third-order valence-electron chi connectivity index (χ3n) is 6.36. The van der Waals surface area contributed by atoms with Crippen LogP contribution in [-0.2, 0) is 13.6 Å². The molecule has 1 fully saturated rings. The van der Waals surface area contributed by atoms with Crippen molar-refractivity contribution in [1.29, 1.82) is 0 Å². The summed E-state index contributed by atoms with van der Waals surface area (Å²) in [5, 5.41) is 13.8. The van der Waals surface area contributed by atoms with E-state index in [1.807, 2.05) is 18.2 Å². The summed E-state index contributed by atoms with van der Waals surface area (Å²) >= 11 is 6.40. The van der Waals surface area contributed by atoms with Crippen LogP contribution in [0.15, 0.2) is 29.2 Å². The van der Waals surface area contributed by atoms with E-state index in [0.717, 1.165) is 29.8 Å². The third kappa shape index (κ3) is 4.47. The van der Waals surface area contributed by atoms with Crippen molar-refractivity contribution in [3.05, 3.63) is 39.9 Å². The van der Waals surface area contributed by atoms with E-state index in [1.165, 1.54) is 0 Å². The molecule has 4 rings (SSSR count). The maximum Gasteiger partial charge on any atom is 0.328 e. The molecule has 8 nitrogen and oxygen atoms in total. The minimum Gasteiger partial charge on any atom is -0.390 e. The third-order valence-corrected chi connectivity index (χ3v) is 6.63. The van der Waals surface area contributed by atoms with Crippen LogP contribution in [0.3, 0.4) is 0 Å². The van der Waals surface area contributed by atoms with Gasteiger partial charge in [0.05, 0.1) is 22.8 Å². The summed E-state index contributed by atoms with van der Waals surface area (Å²) in [6.07, 6.45) is 2.09. The summed E-state index contributed by atoms with van der Waals surface area (Å²) in [6, 6.07) is 5.72. The fourth-order valence-electron chi connectivity index (χ4n) is 4.12. The first-order valence-electron chi connectivity index (χ1n) is 11.0. The number of hydrogen-bond acceptors (Lipinski definition) is 6. The van der Waals surface area contributed by atoms with E-state index in [0.29, 0.717) is 41.6 Å². The molecule has 0 saturated carbocycles. The van der Waals surface area contributed by atoms with Gasteiger partial charge in [-0.25, -0.2) is 9.78 Å². The smallest absolute Gasteiger partial charge is 0.328 e. The molecule has 0 aliphatic carbocycles. The first-order valence-corrected chi connectivity index (χ1v) is 11.4. The van der Waals surface area contributed by atoms with Gasteiger partial charge in [0.15, 0.2) is 5.82 Å². The fraction of sp³-hybridized carbons (Fsp3) is 0.522. The Morgan fingerprint density at radius 2 is 1.91 bits per heavy atom. The molecule has 0 radical (unpaired) electrons. The Hall–Kier alpha value is -2.58. The lowest BCUT2D eigenvalue weighted by atomic mass is 10.0. The minimum absolute atomic E-state index is 0.110. The van der Waals surface area contributed by atoms with E-state index in [1.54, 1.807) is 36.2 Å². The predicted octanol–water partition coefficient (Wildman–Crippen LogP) is 3.78. The average Bonchev–Trinajstić information content (AvgIpc) is 3.18. The number of benzene rings is 1. The molecule has 2 N–H and O–H groups in total. The number of imidazole rings is 1. The number of aliphatic hydroxyl groups is 1. The van der Waals surface area contributed by atoms with Crippen LogP contribution in [0.5, 0.6) is 0 Å². The molecule has 9 heteroatoms. The second-order valence-corrected chi connectivity index (χ2v) is 10.0. The van der Waals surface area contributed by atoms with Crippen molar-refractivity contribution in [3.63, 3.8) is 0 Å². The highest BCUT2D eigenvalue weighted by Crippen LogP contribution is 2.30. The first kappa shape index (κ1) is 22.6. The summed E-state index contributed by atoms with van der Waals surface area (Å²) < 4.78 is 3.31. The molecule has 1 aromatic carbocycles. The van der Waals surface area contributed by atoms with E-state index < -0.39 is 5.60 Å². The van der Waals surface area contributed by atoms with E-state index in [-0.39, 0.29) is 5.69 Å². The van der Waals surface area contributed by atoms with Gasteiger partial charge in [-0.3, -0.25) is 9.13 Å². The lowest BCUT2D eigenvalue weighted by Gasteiger charge is -2.18. The normalized spacial score (nSPS) is 19.2. The molecule has 0 amide bonds. The van der Waals surface area contributed by atoms with Gasteiger partial charge in [-0.05, 0) is 50.3 Å². The van der Waals surface area contributed by atoms with Crippen molar-refractivity contribution in [3.8, 4) is 0 Å². The molecule has 0 spiro atoms. The number of halogens is 1. The molecule has 2 aromatic heterocycles. The molecule has 32 heavy (non-hydrogen) atoms. The lowest BCUT2D eigenvalue weighted by Crippen LogP contribution is -2.27. The highest BCUT2D eigenvalue weighted by molar-refractivity contribution is 6.32. The molecule has 1 aliphatic heterocycles. The molecular weight excluding hydrogens is 428 g/mol. The second-order valence-electron chi connectivity index (χ2n) is 9.61. The zero-order valence-corrected chi connectivity index (χ0v) is 20.0. The zero-order valence-electron chi connectivity index (χ0n) is 19.3. The van der Waals surface area contributed by atoms with E-state index in [4.69, 9.17) is 11.6 Å². The SMILES string of the molecule is C[C@@H]1CN(c2ncc(Cl)c(Nc3ccc4c(c3)n(CCC(C)(C)O)c(=O)n4C)n2)C[C@@H]1C. The van der Waals surface area contributed by atoms with Gasteiger partial charge in [-0.2, -0.15) is 4.98 Å². The fourth-order valence-corrected chi connectivity index (χ4v) is 4.26. The summed E-state index contributed by atoms with van der Waals surface area (Å²) in [4.78, 5) is 24.0. The van der Waals surface area contributed by atoms with Crippen LogP contribution in [0.25, 0.3) is 11.0 Å². The molecular formula is C23H31ClN6O2. The highest BCUT2D eigenvalue weighted by Gasteiger charge is 2.28. The molecule has 3 heterocycles. The number of aromatic nitrogens is 4. The number of anilines is 3. The Balaban J connectivity index is 1.65. The Kier molecular flexibility index (Phi) is 5.94. The van der Waals surface area contributed by atoms with E-state index in [2.05, 4.69) is 34.0 Å². The van der Waals surface area contributed by atoms with Crippen molar-refractivity contribution >= 4 is 40.1 Å². The highest BCUT2D eigenvalue weighted by atomic mass is 35.5. The van der Waals surface area contributed by atoms with Gasteiger partial charge in [0, 0.05) is 32.4 Å². The van der Waals surface area contributed by atoms with Crippen molar-refractivity contribution < 1.29 is 5.11 Å². The first-order chi connectivity index (χ1) is 15.0. The maximum absolute atomic E-state index is 12.8. The van der Waals surface area contributed by atoms with Crippen LogP contribution < -0.4 is 15.9 Å². The van der Waals surface area contributed by atoms with Crippen molar-refractivity contribution in [2.24, 2.45) is 18.9 Å². The molecule has 172 valence electrons. The number of nitrogens with one attached hydrogen (secondary N) is 1. The van der Waals surface area contributed by atoms with E-state index >= 15 is 0 Å². The van der Waals surface area contributed by atoms with Gasteiger partial charge in [-0.15, -0.1) is 0 Å². The topological polar surface area (TPSA) is 88.2 Å². The molecule has 0 bridgehead atoms. The van der Waals surface area contributed by atoms with Crippen LogP contribution in [0.4, 0.5) is 17.5 Å². The minimum atomic E-state index is -0.854. The lowest BCUT2D eigenvalue weighted by molar-refractivity contribution is 0.0662. The summed E-state index contributed by atoms with van der Waals surface area (Å²) in [6.45, 7) is 10.2. The Labute approximate surface area is 192 Å². The number of nitrogens with zero attached hydrogens (tertiary/aromatic N) is 5. The van der Waals surface area contributed by atoms with Crippen LogP contribution in [-0.4, -0.2) is 42.9 Å². The number of aryl methyl sites for hydroxylation is 2. The van der Waals surface area contributed by atoms with Gasteiger partial charge in [0.2, 0.25) is 5.95 Å². The Bertz CT molecular complexity index is 1190. The molecule has 1 saturated heterocycles. The van der Waals surface area contributed by atoms with Crippen LogP contribution in [0.1, 0.15) is 34.1 Å². The molecule has 2 atom stereocenters. The summed E-state index contributed by atoms with van der Waals surface area (Å²) in [7, 11) is 1.75. The van der Waals surface area contributed by atoms with E-state index in [9.17, 15) is 9.90 Å². The van der Waals surface area contributed by atoms with Crippen molar-refractivity contribution in [2.75, 3.05) is 23.3 Å². The van der Waals surface area contributed by atoms with Gasteiger partial charge in [0.25, 0.3) is 0 Å². The Morgan fingerprint density at radius 1 is 1.22 bits per heavy atom. The number of hydrogen-bond donors (Lipinski definition) is 2. The second kappa shape index (κ2) is 8.41. The van der Waals surface area contributed by atoms with Gasteiger partial charge in [0.1, 0.15) is 5.02 Å². The maximum atomic E-state index is 12.8. The molecule has 0 unspecified atom stereocenters. The summed E-state index contributed by atoms with van der Waals surface area (Å²) in [5.41, 5.74) is 1.42. The van der Waals surface area contributed by atoms with Crippen molar-refractivity contribution in [1.82, 2.24) is 19.1 Å². The van der Waals surface area contributed by atoms with Crippen LogP contribution in [0.2, 0.25) is 5.02 Å². The average molecular weight is 459 g/mol. The number of rotatable bonds is 6. The standard InChI is InChI=1S/C23H31ClN6O2/c1-14-12-29(13-15(14)2)21-25-11-17(24)20(27-21)26-16-6-7-18-19(10-16)30(22(31)28(18)5)9-8-23(3,4)32/h6-7,10-11,14-15,32H,8-9,12-13H2,1-5H3,(H,25,26,27)/t14-,15+. The van der Waals surface area contributed by atoms with Gasteiger partial charge < -0.3 is 15.3 Å². The molecule has 1 aliphatic rings. The summed E-state index contributed by atoms with van der Waals surface area (Å²) in [5.74, 6) is 2.37. The van der Waals surface area contributed by atoms with Gasteiger partial charge in [-0.1, -0.05) is 25.4 Å². The predicted molar refractivity (Wildman–Crippen MR) is 129 cm³/mol. The molecule has 3 aromatic rings.